The van der Waals surface area contributed by atoms with Crippen LogP contribution in [0.4, 0.5) is 4.39 Å². The Hall–Kier alpha value is -1.75. The smallest absolute Gasteiger partial charge is 0.228 e. The third-order valence-electron chi connectivity index (χ3n) is 3.07. The van der Waals surface area contributed by atoms with E-state index in [2.05, 4.69) is 4.98 Å². The van der Waals surface area contributed by atoms with Gasteiger partial charge in [0, 0.05) is 24.0 Å². The van der Waals surface area contributed by atoms with Crippen molar-refractivity contribution in [2.75, 3.05) is 13.1 Å². The van der Waals surface area contributed by atoms with Gasteiger partial charge in [0.05, 0.1) is 12.1 Å². The van der Waals surface area contributed by atoms with Crippen molar-refractivity contribution in [2.45, 2.75) is 20.3 Å². The molecule has 0 unspecified atom stereocenters. The molecule has 0 N–H and O–H groups in total. The van der Waals surface area contributed by atoms with Crippen LogP contribution in [0.25, 0.3) is 10.6 Å². The Bertz CT molecular complexity index is 593. The summed E-state index contributed by atoms with van der Waals surface area (Å²) < 4.78 is 13.2. The fourth-order valence-electron chi connectivity index (χ4n) is 1.99. The zero-order chi connectivity index (χ0) is 14.5. The number of benzene rings is 1. The van der Waals surface area contributed by atoms with E-state index < -0.39 is 0 Å². The molecule has 0 saturated carbocycles. The van der Waals surface area contributed by atoms with Crippen LogP contribution in [-0.4, -0.2) is 28.9 Å². The molecule has 1 aromatic carbocycles. The maximum absolute atomic E-state index is 13.2. The highest BCUT2D eigenvalue weighted by Crippen LogP contribution is 2.24. The fourth-order valence-corrected chi connectivity index (χ4v) is 2.80. The molecule has 0 radical (unpaired) electrons. The average molecular weight is 292 g/mol. The van der Waals surface area contributed by atoms with Gasteiger partial charge in [-0.3, -0.25) is 4.79 Å². The number of likely N-dealkylation sites (N-methyl/N-ethyl adjacent to an activating group) is 1. The van der Waals surface area contributed by atoms with Gasteiger partial charge in [-0.2, -0.15) is 0 Å². The van der Waals surface area contributed by atoms with Crippen LogP contribution in [0.1, 0.15) is 19.5 Å². The Morgan fingerprint density at radius 2 is 2.10 bits per heavy atom. The topological polar surface area (TPSA) is 33.2 Å². The van der Waals surface area contributed by atoms with Crippen LogP contribution in [0.5, 0.6) is 0 Å². The number of carbonyl (C=O) groups excluding carboxylic acids is 1. The number of aromatic nitrogens is 1. The van der Waals surface area contributed by atoms with Gasteiger partial charge in [-0.25, -0.2) is 9.37 Å². The Morgan fingerprint density at radius 3 is 2.75 bits per heavy atom. The van der Waals surface area contributed by atoms with Crippen molar-refractivity contribution in [1.82, 2.24) is 9.88 Å². The fraction of sp³-hybridized carbons (Fsp3) is 0.333. The van der Waals surface area contributed by atoms with E-state index in [1.54, 1.807) is 11.0 Å². The molecule has 20 heavy (non-hydrogen) atoms. The molecule has 0 aliphatic rings. The minimum Gasteiger partial charge on any atom is -0.343 e. The zero-order valence-electron chi connectivity index (χ0n) is 11.6. The predicted molar refractivity (Wildman–Crippen MR) is 79.1 cm³/mol. The number of hydrogen-bond donors (Lipinski definition) is 0. The molecule has 2 rings (SSSR count). The Labute approximate surface area is 122 Å². The van der Waals surface area contributed by atoms with Crippen molar-refractivity contribution in [3.8, 4) is 10.6 Å². The summed E-state index contributed by atoms with van der Waals surface area (Å²) in [5, 5.41) is 2.61. The lowest BCUT2D eigenvalue weighted by Crippen LogP contribution is -2.31. The molecule has 0 spiro atoms. The lowest BCUT2D eigenvalue weighted by Gasteiger charge is -2.17. The summed E-state index contributed by atoms with van der Waals surface area (Å²) in [4.78, 5) is 18.2. The molecule has 1 aromatic heterocycles. The number of hydrogen-bond acceptors (Lipinski definition) is 3. The molecule has 0 atom stereocenters. The number of rotatable bonds is 5. The van der Waals surface area contributed by atoms with Crippen molar-refractivity contribution >= 4 is 17.2 Å². The molecule has 0 fully saturated rings. The largest absolute Gasteiger partial charge is 0.343 e. The molecule has 2 aromatic rings. The number of thiazole rings is 1. The van der Waals surface area contributed by atoms with Crippen LogP contribution < -0.4 is 0 Å². The van der Waals surface area contributed by atoms with E-state index in [4.69, 9.17) is 0 Å². The highest BCUT2D eigenvalue weighted by Gasteiger charge is 2.13. The Kier molecular flexibility index (Phi) is 4.84. The molecule has 0 aliphatic carbocycles. The standard InChI is InChI=1S/C15H17FN2OS/c1-3-18(4-2)14(19)9-13-10-20-15(17-13)11-6-5-7-12(16)8-11/h5-8,10H,3-4,9H2,1-2H3. The normalized spacial score (nSPS) is 10.6. The lowest BCUT2D eigenvalue weighted by molar-refractivity contribution is -0.130. The summed E-state index contributed by atoms with van der Waals surface area (Å²) in [6.45, 7) is 5.33. The van der Waals surface area contributed by atoms with Crippen molar-refractivity contribution < 1.29 is 9.18 Å². The summed E-state index contributed by atoms with van der Waals surface area (Å²) >= 11 is 1.43. The van der Waals surface area contributed by atoms with Gasteiger partial charge in [-0.15, -0.1) is 11.3 Å². The van der Waals surface area contributed by atoms with Crippen molar-refractivity contribution in [2.24, 2.45) is 0 Å². The highest BCUT2D eigenvalue weighted by molar-refractivity contribution is 7.13. The second-order valence-corrected chi connectivity index (χ2v) is 5.26. The first-order valence-corrected chi connectivity index (χ1v) is 7.50. The quantitative estimate of drug-likeness (QED) is 0.846. The highest BCUT2D eigenvalue weighted by atomic mass is 32.1. The molecule has 0 bridgehead atoms. The molecule has 0 saturated heterocycles. The van der Waals surface area contributed by atoms with Gasteiger partial charge < -0.3 is 4.90 Å². The van der Waals surface area contributed by atoms with Gasteiger partial charge in [-0.05, 0) is 26.0 Å². The van der Waals surface area contributed by atoms with Gasteiger partial charge in [0.2, 0.25) is 5.91 Å². The third-order valence-corrected chi connectivity index (χ3v) is 4.01. The second kappa shape index (κ2) is 6.61. The number of nitrogens with zero attached hydrogens (tertiary/aromatic N) is 2. The maximum atomic E-state index is 13.2. The summed E-state index contributed by atoms with van der Waals surface area (Å²) in [7, 11) is 0. The molecule has 1 amide bonds. The van der Waals surface area contributed by atoms with E-state index in [0.29, 0.717) is 19.5 Å². The monoisotopic (exact) mass is 292 g/mol. The third kappa shape index (κ3) is 3.42. The van der Waals surface area contributed by atoms with Gasteiger partial charge in [0.15, 0.2) is 0 Å². The van der Waals surface area contributed by atoms with E-state index in [1.165, 1.54) is 23.5 Å². The van der Waals surface area contributed by atoms with Crippen molar-refractivity contribution in [3.05, 3.63) is 41.2 Å². The van der Waals surface area contributed by atoms with E-state index in [9.17, 15) is 9.18 Å². The van der Waals surface area contributed by atoms with Crippen LogP contribution in [0.2, 0.25) is 0 Å². The Balaban J connectivity index is 2.11. The van der Waals surface area contributed by atoms with E-state index in [0.717, 1.165) is 16.3 Å². The maximum Gasteiger partial charge on any atom is 0.228 e. The number of amides is 1. The van der Waals surface area contributed by atoms with Gasteiger partial charge in [0.25, 0.3) is 0 Å². The SMILES string of the molecule is CCN(CC)C(=O)Cc1csc(-c2cccc(F)c2)n1. The summed E-state index contributed by atoms with van der Waals surface area (Å²) in [6.07, 6.45) is 0.299. The van der Waals surface area contributed by atoms with Crippen molar-refractivity contribution in [1.29, 1.82) is 0 Å². The predicted octanol–water partition coefficient (Wildman–Crippen LogP) is 3.36. The molecule has 0 aliphatic heterocycles. The van der Waals surface area contributed by atoms with E-state index in [1.807, 2.05) is 25.3 Å². The minimum atomic E-state index is -0.279. The van der Waals surface area contributed by atoms with Crippen LogP contribution in [0.15, 0.2) is 29.6 Å². The average Bonchev–Trinajstić information content (AvgIpc) is 2.88. The van der Waals surface area contributed by atoms with Gasteiger partial charge >= 0.3 is 0 Å². The second-order valence-electron chi connectivity index (χ2n) is 4.40. The van der Waals surface area contributed by atoms with Gasteiger partial charge in [-0.1, -0.05) is 12.1 Å². The first-order valence-electron chi connectivity index (χ1n) is 6.62. The van der Waals surface area contributed by atoms with Crippen LogP contribution in [0.3, 0.4) is 0 Å². The lowest BCUT2D eigenvalue weighted by atomic mass is 10.2. The molecule has 5 heteroatoms. The summed E-state index contributed by atoms with van der Waals surface area (Å²) in [6, 6.07) is 6.33. The van der Waals surface area contributed by atoms with Crippen LogP contribution >= 0.6 is 11.3 Å². The minimum absolute atomic E-state index is 0.0751. The van der Waals surface area contributed by atoms with Crippen molar-refractivity contribution in [3.63, 3.8) is 0 Å². The molecular formula is C15H17FN2OS. The molecule has 3 nitrogen and oxygen atoms in total. The Morgan fingerprint density at radius 1 is 1.35 bits per heavy atom. The summed E-state index contributed by atoms with van der Waals surface area (Å²) in [5.74, 6) is -0.204. The zero-order valence-corrected chi connectivity index (χ0v) is 12.4. The first-order chi connectivity index (χ1) is 9.63. The van der Waals surface area contributed by atoms with E-state index in [-0.39, 0.29) is 11.7 Å². The molecule has 1 heterocycles. The van der Waals surface area contributed by atoms with Gasteiger partial charge in [0.1, 0.15) is 10.8 Å². The molecular weight excluding hydrogens is 275 g/mol. The molecule has 106 valence electrons. The number of carbonyl (C=O) groups is 1. The first kappa shape index (κ1) is 14.7. The number of halogens is 1. The van der Waals surface area contributed by atoms with Crippen LogP contribution in [-0.2, 0) is 11.2 Å². The van der Waals surface area contributed by atoms with E-state index >= 15 is 0 Å². The summed E-state index contributed by atoms with van der Waals surface area (Å²) in [5.41, 5.74) is 1.49. The van der Waals surface area contributed by atoms with Crippen LogP contribution in [0, 0.1) is 5.82 Å².